The van der Waals surface area contributed by atoms with Crippen LogP contribution in [-0.2, 0) is 14.4 Å². The highest BCUT2D eigenvalue weighted by Gasteiger charge is 2.38. The van der Waals surface area contributed by atoms with Gasteiger partial charge in [-0.1, -0.05) is 109 Å². The zero-order chi connectivity index (χ0) is 31.6. The summed E-state index contributed by atoms with van der Waals surface area (Å²) in [4.78, 5) is 34.9. The van der Waals surface area contributed by atoms with E-state index in [0.717, 1.165) is 19.3 Å². The molecule has 0 aromatic rings. The Labute approximate surface area is 257 Å². The Morgan fingerprint density at radius 3 is 1.10 bits per heavy atom. The van der Waals surface area contributed by atoms with E-state index < -0.39 is 35.7 Å². The van der Waals surface area contributed by atoms with Crippen LogP contribution in [0.4, 0.5) is 0 Å². The van der Waals surface area contributed by atoms with Crippen LogP contribution in [-0.4, -0.2) is 63.9 Å². The fourth-order valence-corrected chi connectivity index (χ4v) is 6.06. The molecule has 0 spiro atoms. The van der Waals surface area contributed by atoms with Crippen molar-refractivity contribution in [1.29, 1.82) is 0 Å². The molecule has 0 aromatic carbocycles. The monoisotopic (exact) mass is 596 g/mol. The van der Waals surface area contributed by atoms with Crippen LogP contribution in [0.3, 0.4) is 0 Å². The first-order valence-electron chi connectivity index (χ1n) is 17.2. The highest BCUT2D eigenvalue weighted by molar-refractivity contribution is 5.70. The quantitative estimate of drug-likeness (QED) is 0.0433. The molecule has 0 aliphatic heterocycles. The van der Waals surface area contributed by atoms with E-state index >= 15 is 0 Å². The normalized spacial score (nSPS) is 15.3. The Morgan fingerprint density at radius 2 is 0.786 bits per heavy atom. The van der Waals surface area contributed by atoms with E-state index in [1.807, 2.05) is 0 Å². The lowest BCUT2D eigenvalue weighted by Crippen LogP contribution is -2.57. The minimum absolute atomic E-state index is 0.227. The van der Waals surface area contributed by atoms with Crippen LogP contribution in [0, 0.1) is 17.8 Å². The summed E-state index contributed by atoms with van der Waals surface area (Å²) in [6.45, 7) is 8.47. The van der Waals surface area contributed by atoms with Crippen molar-refractivity contribution in [1.82, 2.24) is 0 Å². The van der Waals surface area contributed by atoms with Gasteiger partial charge in [0, 0.05) is 0 Å². The number of hydrogen-bond donors (Lipinski definition) is 3. The van der Waals surface area contributed by atoms with E-state index in [9.17, 15) is 29.7 Å². The van der Waals surface area contributed by atoms with E-state index in [2.05, 4.69) is 19.1 Å². The van der Waals surface area contributed by atoms with Crippen molar-refractivity contribution in [2.75, 3.05) is 26.2 Å². The van der Waals surface area contributed by atoms with Gasteiger partial charge in [0.15, 0.2) is 0 Å². The molecule has 0 rings (SSSR count). The number of allylic oxidation sites excluding steroid dienone is 2. The molecule has 3 unspecified atom stereocenters. The Hall–Kier alpha value is -1.89. The number of nitrogens with zero attached hydrogens (tertiary/aromatic N) is 1. The van der Waals surface area contributed by atoms with Gasteiger partial charge in [-0.2, -0.15) is 0 Å². The molecule has 0 saturated heterocycles. The lowest BCUT2D eigenvalue weighted by atomic mass is 10.00. The first-order chi connectivity index (χ1) is 20.0. The van der Waals surface area contributed by atoms with Crippen LogP contribution in [0.25, 0.3) is 0 Å². The molecule has 0 aliphatic carbocycles. The third-order valence-electron chi connectivity index (χ3n) is 8.62. The molecule has 246 valence electrons. The Kier molecular flexibility index (Phi) is 24.4. The van der Waals surface area contributed by atoms with Crippen molar-refractivity contribution in [3.05, 3.63) is 12.2 Å². The molecule has 42 heavy (non-hydrogen) atoms. The molecular formula is C35H66NO6+. The van der Waals surface area contributed by atoms with Crippen molar-refractivity contribution in [2.24, 2.45) is 17.8 Å². The van der Waals surface area contributed by atoms with Gasteiger partial charge in [0.2, 0.25) is 0 Å². The van der Waals surface area contributed by atoms with Gasteiger partial charge in [-0.15, -0.1) is 0 Å². The van der Waals surface area contributed by atoms with Gasteiger partial charge >= 0.3 is 17.9 Å². The van der Waals surface area contributed by atoms with Gasteiger partial charge in [-0.05, 0) is 52.9 Å². The van der Waals surface area contributed by atoms with Crippen LogP contribution in [0.2, 0.25) is 0 Å². The van der Waals surface area contributed by atoms with Gasteiger partial charge in [0.1, 0.15) is 17.8 Å². The topological polar surface area (TPSA) is 112 Å². The summed E-state index contributed by atoms with van der Waals surface area (Å²) in [5.74, 6) is -4.79. The second-order valence-corrected chi connectivity index (χ2v) is 13.0. The molecule has 0 aliphatic rings. The number of quaternary nitrogens is 1. The number of hydrogen-bond acceptors (Lipinski definition) is 3. The second kappa shape index (κ2) is 25.6. The zero-order valence-corrected chi connectivity index (χ0v) is 27.7. The van der Waals surface area contributed by atoms with Gasteiger partial charge in [0.05, 0.1) is 26.2 Å². The smallest absolute Gasteiger partial charge is 0.311 e. The summed E-state index contributed by atoms with van der Waals surface area (Å²) in [5, 5.41) is 28.6. The summed E-state index contributed by atoms with van der Waals surface area (Å²) in [7, 11) is 0. The van der Waals surface area contributed by atoms with Crippen molar-refractivity contribution in [3.63, 3.8) is 0 Å². The summed E-state index contributed by atoms with van der Waals surface area (Å²) in [6.07, 6.45) is 28.6. The van der Waals surface area contributed by atoms with Gasteiger partial charge < -0.3 is 19.8 Å². The average molecular weight is 597 g/mol. The van der Waals surface area contributed by atoms with Crippen molar-refractivity contribution < 1.29 is 34.2 Å². The molecule has 7 nitrogen and oxygen atoms in total. The van der Waals surface area contributed by atoms with Crippen molar-refractivity contribution in [2.45, 2.75) is 150 Å². The molecule has 0 bridgehead atoms. The Bertz CT molecular complexity index is 682. The second-order valence-electron chi connectivity index (χ2n) is 13.0. The molecule has 0 fully saturated rings. The third-order valence-corrected chi connectivity index (χ3v) is 8.62. The highest BCUT2D eigenvalue weighted by atomic mass is 16.4. The van der Waals surface area contributed by atoms with E-state index in [-0.39, 0.29) is 24.1 Å². The third kappa shape index (κ3) is 21.8. The lowest BCUT2D eigenvalue weighted by molar-refractivity contribution is -0.934. The fraction of sp³-hybridized carbons (Fsp3) is 0.857. The number of carboxylic acid groups (broad SMARTS) is 3. The standard InChI is InChI=1S/C35H65NO6/c1-5-6-7-8-9-10-11-12-13-14-15-16-17-18-19-20-21-22-23-24-25-26-36(27-30(2)33(37)38,28-31(3)34(39)40)29-32(4)35(41)42/h7-8,30-32H,5-6,9-29H2,1-4H3,(H2-,37,38,39,40,41,42)/p+1/b8-7+. The molecular weight excluding hydrogens is 530 g/mol. The first kappa shape index (κ1) is 40.1. The molecule has 0 amide bonds. The maximum absolute atomic E-state index is 11.6. The number of unbranched alkanes of at least 4 members (excludes halogenated alkanes) is 17. The minimum Gasteiger partial charge on any atom is -0.481 e. The summed E-state index contributed by atoms with van der Waals surface area (Å²) >= 11 is 0. The molecule has 3 N–H and O–H groups in total. The largest absolute Gasteiger partial charge is 0.481 e. The van der Waals surface area contributed by atoms with Crippen LogP contribution < -0.4 is 0 Å². The Morgan fingerprint density at radius 1 is 0.500 bits per heavy atom. The average Bonchev–Trinajstić information content (AvgIpc) is 2.93. The summed E-state index contributed by atoms with van der Waals surface area (Å²) in [6, 6.07) is 0. The van der Waals surface area contributed by atoms with E-state index in [4.69, 9.17) is 0 Å². The van der Waals surface area contributed by atoms with Crippen LogP contribution >= 0.6 is 0 Å². The van der Waals surface area contributed by atoms with Crippen LogP contribution in [0.1, 0.15) is 150 Å². The van der Waals surface area contributed by atoms with Gasteiger partial charge in [0.25, 0.3) is 0 Å². The number of carbonyl (C=O) groups is 3. The molecule has 0 saturated carbocycles. The molecule has 0 aromatic heterocycles. The lowest BCUT2D eigenvalue weighted by Gasteiger charge is -2.42. The SMILES string of the molecule is CCC/C=C/CCCCCCCCCCCCCCCCCC[N+](CC(C)C(=O)O)(CC(C)C(=O)O)CC(C)C(=O)O. The minimum atomic E-state index is -0.930. The number of rotatable bonds is 30. The van der Waals surface area contributed by atoms with E-state index in [1.165, 1.54) is 103 Å². The van der Waals surface area contributed by atoms with Crippen LogP contribution in [0.15, 0.2) is 12.2 Å². The fourth-order valence-electron chi connectivity index (χ4n) is 6.06. The predicted molar refractivity (Wildman–Crippen MR) is 173 cm³/mol. The van der Waals surface area contributed by atoms with Gasteiger partial charge in [-0.25, -0.2) is 0 Å². The maximum atomic E-state index is 11.6. The predicted octanol–water partition coefficient (Wildman–Crippen LogP) is 8.95. The zero-order valence-electron chi connectivity index (χ0n) is 27.7. The Balaban J connectivity index is 4.16. The highest BCUT2D eigenvalue weighted by Crippen LogP contribution is 2.22. The van der Waals surface area contributed by atoms with E-state index in [0.29, 0.717) is 6.54 Å². The van der Waals surface area contributed by atoms with Crippen LogP contribution in [0.5, 0.6) is 0 Å². The number of carboxylic acids is 3. The summed E-state index contributed by atoms with van der Waals surface area (Å²) in [5.41, 5.74) is 0. The summed E-state index contributed by atoms with van der Waals surface area (Å²) < 4.78 is 0.227. The molecule has 0 heterocycles. The first-order valence-corrected chi connectivity index (χ1v) is 17.2. The maximum Gasteiger partial charge on any atom is 0.311 e. The van der Waals surface area contributed by atoms with Crippen molar-refractivity contribution in [3.8, 4) is 0 Å². The van der Waals surface area contributed by atoms with Gasteiger partial charge in [-0.3, -0.25) is 14.4 Å². The van der Waals surface area contributed by atoms with Crippen molar-refractivity contribution >= 4 is 17.9 Å². The molecule has 0 radical (unpaired) electrons. The van der Waals surface area contributed by atoms with E-state index in [1.54, 1.807) is 20.8 Å². The number of aliphatic carboxylic acids is 3. The molecule has 3 atom stereocenters. The molecule has 7 heteroatoms.